The van der Waals surface area contributed by atoms with Crippen LogP contribution < -0.4 is 4.90 Å². The van der Waals surface area contributed by atoms with Crippen molar-refractivity contribution in [2.75, 3.05) is 37.7 Å². The van der Waals surface area contributed by atoms with Crippen LogP contribution in [0.3, 0.4) is 0 Å². The highest BCUT2D eigenvalue weighted by molar-refractivity contribution is 9.10. The van der Waals surface area contributed by atoms with Crippen molar-refractivity contribution in [3.05, 3.63) is 68.7 Å². The number of nitrogens with zero attached hydrogens (tertiary/aromatic N) is 5. The van der Waals surface area contributed by atoms with E-state index in [-0.39, 0.29) is 55.4 Å². The van der Waals surface area contributed by atoms with Gasteiger partial charge >= 0.3 is 0 Å². The highest BCUT2D eigenvalue weighted by Crippen LogP contribution is 2.45. The fourth-order valence-electron chi connectivity index (χ4n) is 5.87. The Labute approximate surface area is 262 Å². The van der Waals surface area contributed by atoms with Gasteiger partial charge in [-0.3, -0.25) is 14.2 Å². The molecule has 0 aliphatic carbocycles. The normalized spacial score (nSPS) is 23.0. The lowest BCUT2D eigenvalue weighted by atomic mass is 9.92. The third-order valence-corrected chi connectivity index (χ3v) is 10.8. The van der Waals surface area contributed by atoms with Crippen molar-refractivity contribution < 1.29 is 22.7 Å². The van der Waals surface area contributed by atoms with Gasteiger partial charge in [-0.1, -0.05) is 51.3 Å². The SMILES string of the molecule is CC1(Cc2ccc(Br)cc2)C(=O)N(c2cc(Cl)cc(Cl)c2)c2ncc(S(=O)(=O)N3CCN(C(=O)C4CCCO4)CC3)n21. The molecule has 2 fully saturated rings. The van der Waals surface area contributed by atoms with Crippen molar-refractivity contribution in [2.24, 2.45) is 0 Å². The van der Waals surface area contributed by atoms with E-state index in [0.29, 0.717) is 28.8 Å². The lowest BCUT2D eigenvalue weighted by Gasteiger charge is -2.35. The van der Waals surface area contributed by atoms with Crippen LogP contribution in [0.1, 0.15) is 25.3 Å². The van der Waals surface area contributed by atoms with Crippen LogP contribution in [-0.2, 0) is 36.3 Å². The van der Waals surface area contributed by atoms with Crippen molar-refractivity contribution in [3.63, 3.8) is 0 Å². The minimum Gasteiger partial charge on any atom is -0.368 e. The second-order valence-corrected chi connectivity index (χ2v) is 14.5. The first kappa shape index (κ1) is 29.6. The number of benzene rings is 2. The Morgan fingerprint density at radius 3 is 2.38 bits per heavy atom. The van der Waals surface area contributed by atoms with Gasteiger partial charge in [-0.15, -0.1) is 0 Å². The Balaban J connectivity index is 1.37. The topological polar surface area (TPSA) is 105 Å². The molecule has 2 aromatic carbocycles. The van der Waals surface area contributed by atoms with Gasteiger partial charge in [-0.2, -0.15) is 4.31 Å². The number of amides is 2. The molecule has 1 aromatic heterocycles. The molecule has 42 heavy (non-hydrogen) atoms. The molecule has 0 bridgehead atoms. The highest BCUT2D eigenvalue weighted by atomic mass is 79.9. The Hall–Kier alpha value is -2.48. The molecule has 2 saturated heterocycles. The average molecular weight is 697 g/mol. The summed E-state index contributed by atoms with van der Waals surface area (Å²) in [5, 5.41) is 0.557. The summed E-state index contributed by atoms with van der Waals surface area (Å²) < 4.78 is 37.6. The van der Waals surface area contributed by atoms with E-state index in [1.165, 1.54) is 20.0 Å². The molecule has 3 aliphatic rings. The summed E-state index contributed by atoms with van der Waals surface area (Å²) in [6, 6.07) is 12.3. The van der Waals surface area contributed by atoms with Crippen molar-refractivity contribution >= 4 is 72.6 Å². The zero-order valence-corrected chi connectivity index (χ0v) is 26.6. The maximum Gasteiger partial charge on any atom is 0.260 e. The zero-order chi connectivity index (χ0) is 29.8. The molecule has 14 heteroatoms. The number of sulfonamides is 1. The fraction of sp³-hybridized carbons (Fsp3) is 0.393. The Morgan fingerprint density at radius 1 is 1.10 bits per heavy atom. The van der Waals surface area contributed by atoms with Crippen LogP contribution in [0.5, 0.6) is 0 Å². The van der Waals surface area contributed by atoms with E-state index in [4.69, 9.17) is 27.9 Å². The molecule has 2 amide bonds. The summed E-state index contributed by atoms with van der Waals surface area (Å²) in [5.41, 5.74) is -0.118. The molecular formula is C28H28BrCl2N5O5S. The van der Waals surface area contributed by atoms with Gasteiger partial charge in [-0.25, -0.2) is 18.3 Å². The molecule has 0 spiro atoms. The van der Waals surface area contributed by atoms with E-state index < -0.39 is 21.7 Å². The first-order valence-corrected chi connectivity index (χ1v) is 16.5. The summed E-state index contributed by atoms with van der Waals surface area (Å²) in [6.45, 7) is 3.01. The predicted molar refractivity (Wildman–Crippen MR) is 162 cm³/mol. The van der Waals surface area contributed by atoms with Crippen LogP contribution in [0.15, 0.2) is 58.2 Å². The molecule has 10 nitrogen and oxygen atoms in total. The van der Waals surface area contributed by atoms with Crippen molar-refractivity contribution in [2.45, 2.75) is 42.9 Å². The van der Waals surface area contributed by atoms with Crippen molar-refractivity contribution in [1.82, 2.24) is 18.8 Å². The summed E-state index contributed by atoms with van der Waals surface area (Å²) in [4.78, 5) is 34.6. The number of ether oxygens (including phenoxy) is 1. The number of fused-ring (bicyclic) bond motifs is 1. The molecule has 2 unspecified atom stereocenters. The molecule has 3 aliphatic heterocycles. The predicted octanol–water partition coefficient (Wildman–Crippen LogP) is 4.60. The number of imidazole rings is 1. The van der Waals surface area contributed by atoms with Crippen LogP contribution >= 0.6 is 39.1 Å². The van der Waals surface area contributed by atoms with E-state index in [2.05, 4.69) is 20.9 Å². The van der Waals surface area contributed by atoms with E-state index in [9.17, 15) is 18.0 Å². The minimum atomic E-state index is -4.10. The number of halogens is 3. The van der Waals surface area contributed by atoms with Crippen LogP contribution in [0.2, 0.25) is 10.0 Å². The molecule has 0 radical (unpaired) electrons. The lowest BCUT2D eigenvalue weighted by molar-refractivity contribution is -0.142. The van der Waals surface area contributed by atoms with Gasteiger partial charge in [0.25, 0.3) is 21.8 Å². The van der Waals surface area contributed by atoms with Crippen LogP contribution in [0, 0.1) is 0 Å². The van der Waals surface area contributed by atoms with Crippen LogP contribution in [0.25, 0.3) is 0 Å². The fourth-order valence-corrected chi connectivity index (χ4v) is 8.26. The number of hydrogen-bond donors (Lipinski definition) is 0. The average Bonchev–Trinajstić information content (AvgIpc) is 3.69. The van der Waals surface area contributed by atoms with E-state index in [0.717, 1.165) is 16.5 Å². The number of piperazine rings is 1. The monoisotopic (exact) mass is 695 g/mol. The Bertz CT molecular complexity index is 1630. The molecule has 2 atom stereocenters. The number of anilines is 2. The number of carbonyl (C=O) groups is 2. The van der Waals surface area contributed by atoms with Gasteiger partial charge < -0.3 is 9.64 Å². The zero-order valence-electron chi connectivity index (χ0n) is 22.7. The molecular weight excluding hydrogens is 669 g/mol. The third kappa shape index (κ3) is 5.16. The summed E-state index contributed by atoms with van der Waals surface area (Å²) >= 11 is 16.0. The van der Waals surface area contributed by atoms with Crippen molar-refractivity contribution in [3.8, 4) is 0 Å². The maximum absolute atomic E-state index is 14.2. The third-order valence-electron chi connectivity index (χ3n) is 7.99. The van der Waals surface area contributed by atoms with Gasteiger partial charge in [0.05, 0.1) is 11.9 Å². The Morgan fingerprint density at radius 2 is 1.76 bits per heavy atom. The first-order chi connectivity index (χ1) is 20.0. The van der Waals surface area contributed by atoms with E-state index in [1.54, 1.807) is 30.0 Å². The largest absolute Gasteiger partial charge is 0.368 e. The number of carbonyl (C=O) groups excluding carboxylic acids is 2. The standard InChI is InChI=1S/C28H28BrCl2N5O5S/c1-28(16-18-4-6-19(29)7-5-18)26(38)35(22-14-20(30)13-21(31)15-22)27-32-17-24(36(27)28)42(39,40)34-10-8-33(9-11-34)25(37)23-3-2-12-41-23/h4-7,13-15,17,23H,2-3,8-12,16H2,1H3. The van der Waals surface area contributed by atoms with Gasteiger partial charge in [0.1, 0.15) is 11.6 Å². The maximum atomic E-state index is 14.2. The van der Waals surface area contributed by atoms with E-state index >= 15 is 0 Å². The summed E-state index contributed by atoms with van der Waals surface area (Å²) in [7, 11) is -4.10. The number of hydrogen-bond acceptors (Lipinski definition) is 6. The molecule has 4 heterocycles. The number of rotatable bonds is 6. The first-order valence-electron chi connectivity index (χ1n) is 13.5. The molecule has 3 aromatic rings. The van der Waals surface area contributed by atoms with Gasteiger partial charge in [0, 0.05) is 53.7 Å². The highest BCUT2D eigenvalue weighted by Gasteiger charge is 2.52. The van der Waals surface area contributed by atoms with Gasteiger partial charge in [0.15, 0.2) is 5.03 Å². The second kappa shape index (κ2) is 11.2. The van der Waals surface area contributed by atoms with Crippen molar-refractivity contribution in [1.29, 1.82) is 0 Å². The van der Waals surface area contributed by atoms with Crippen LogP contribution in [0.4, 0.5) is 11.6 Å². The quantitative estimate of drug-likeness (QED) is 0.373. The minimum absolute atomic E-state index is 0.0972. The van der Waals surface area contributed by atoms with Crippen LogP contribution in [-0.4, -0.2) is 77.9 Å². The summed E-state index contributed by atoms with van der Waals surface area (Å²) in [5.74, 6) is -0.308. The second-order valence-electron chi connectivity index (χ2n) is 10.8. The Kier molecular flexibility index (Phi) is 7.90. The van der Waals surface area contributed by atoms with Gasteiger partial charge in [-0.05, 0) is 55.7 Å². The lowest BCUT2D eigenvalue weighted by Crippen LogP contribution is -2.53. The number of aromatic nitrogens is 2. The van der Waals surface area contributed by atoms with Gasteiger partial charge in [0.2, 0.25) is 5.95 Å². The smallest absolute Gasteiger partial charge is 0.260 e. The molecule has 0 saturated carbocycles. The van der Waals surface area contributed by atoms with E-state index in [1.807, 2.05) is 24.3 Å². The summed E-state index contributed by atoms with van der Waals surface area (Å²) in [6.07, 6.45) is 2.56. The molecule has 0 N–H and O–H groups in total. The molecule has 6 rings (SSSR count). The molecule has 222 valence electrons.